The van der Waals surface area contributed by atoms with Gasteiger partial charge < -0.3 is 9.84 Å². The molecule has 0 spiro atoms. The van der Waals surface area contributed by atoms with Crippen molar-refractivity contribution in [2.24, 2.45) is 5.92 Å². The highest BCUT2D eigenvalue weighted by molar-refractivity contribution is 9.10. The number of hydrogen-bond acceptors (Lipinski definition) is 2. The predicted molar refractivity (Wildman–Crippen MR) is 62.6 cm³/mol. The molecule has 0 aliphatic carbocycles. The fourth-order valence-electron chi connectivity index (χ4n) is 2.09. The van der Waals surface area contributed by atoms with Crippen LogP contribution < -0.4 is 0 Å². The first-order valence-corrected chi connectivity index (χ1v) is 6.19. The molecule has 0 radical (unpaired) electrons. The molecule has 2 rings (SSSR count). The summed E-state index contributed by atoms with van der Waals surface area (Å²) in [5, 5.41) is 9.28. The van der Waals surface area contributed by atoms with E-state index >= 15 is 0 Å². The molecule has 88 valence electrons. The summed E-state index contributed by atoms with van der Waals surface area (Å²) in [6, 6.07) is 4.87. The Labute approximate surface area is 103 Å². The van der Waals surface area contributed by atoms with Crippen LogP contribution in [0.1, 0.15) is 24.5 Å². The van der Waals surface area contributed by atoms with Crippen LogP contribution in [0.5, 0.6) is 0 Å². The van der Waals surface area contributed by atoms with Crippen molar-refractivity contribution in [2.45, 2.75) is 18.9 Å². The van der Waals surface area contributed by atoms with Crippen LogP contribution in [0.15, 0.2) is 22.7 Å². The van der Waals surface area contributed by atoms with Gasteiger partial charge in [-0.3, -0.25) is 0 Å². The molecule has 1 aromatic rings. The Balaban J connectivity index is 2.23. The van der Waals surface area contributed by atoms with Gasteiger partial charge in [0, 0.05) is 19.1 Å². The maximum absolute atomic E-state index is 13.1. The Morgan fingerprint density at radius 3 is 3.00 bits per heavy atom. The zero-order valence-electron chi connectivity index (χ0n) is 8.83. The average Bonchev–Trinajstić information content (AvgIpc) is 2.32. The van der Waals surface area contributed by atoms with E-state index in [9.17, 15) is 9.50 Å². The molecule has 4 heteroatoms. The van der Waals surface area contributed by atoms with Gasteiger partial charge in [-0.25, -0.2) is 4.39 Å². The minimum Gasteiger partial charge on any atom is -0.396 e. The van der Waals surface area contributed by atoms with Crippen LogP contribution in [0, 0.1) is 11.7 Å². The van der Waals surface area contributed by atoms with Gasteiger partial charge in [-0.15, -0.1) is 0 Å². The Bertz CT molecular complexity index is 370. The van der Waals surface area contributed by atoms with Crippen LogP contribution in [-0.4, -0.2) is 18.3 Å². The van der Waals surface area contributed by atoms with Crippen molar-refractivity contribution < 1.29 is 14.2 Å². The Morgan fingerprint density at radius 2 is 2.31 bits per heavy atom. The molecule has 2 unspecified atom stereocenters. The van der Waals surface area contributed by atoms with Crippen molar-refractivity contribution in [2.75, 3.05) is 13.2 Å². The topological polar surface area (TPSA) is 29.5 Å². The van der Waals surface area contributed by atoms with Gasteiger partial charge in [0.25, 0.3) is 0 Å². The summed E-state index contributed by atoms with van der Waals surface area (Å²) in [4.78, 5) is 0. The first kappa shape index (κ1) is 12.0. The molecule has 0 aromatic heterocycles. The average molecular weight is 289 g/mol. The largest absolute Gasteiger partial charge is 0.396 e. The summed E-state index contributed by atoms with van der Waals surface area (Å²) in [6.45, 7) is 0.815. The van der Waals surface area contributed by atoms with Crippen LogP contribution in [0.2, 0.25) is 0 Å². The lowest BCUT2D eigenvalue weighted by Crippen LogP contribution is -2.25. The monoisotopic (exact) mass is 288 g/mol. The molecule has 1 aliphatic rings. The predicted octanol–water partition coefficient (Wildman–Crippen LogP) is 3.05. The molecule has 2 nitrogen and oxygen atoms in total. The van der Waals surface area contributed by atoms with Gasteiger partial charge in [0.05, 0.1) is 10.6 Å². The van der Waals surface area contributed by atoms with Gasteiger partial charge in [0.1, 0.15) is 5.82 Å². The molecule has 0 amide bonds. The third-order valence-electron chi connectivity index (χ3n) is 2.95. The summed E-state index contributed by atoms with van der Waals surface area (Å²) < 4.78 is 19.2. The standard InChI is InChI=1S/C12H14BrFO2/c13-10-6-8(3-4-11(10)14)12-9(7-15)2-1-5-16-12/h3-4,6,9,12,15H,1-2,5,7H2. The van der Waals surface area contributed by atoms with Gasteiger partial charge in [0.2, 0.25) is 0 Å². The summed E-state index contributed by atoms with van der Waals surface area (Å²) in [5.74, 6) is -0.161. The molecule has 1 heterocycles. The van der Waals surface area contributed by atoms with Crippen LogP contribution in [-0.2, 0) is 4.74 Å². The van der Waals surface area contributed by atoms with E-state index in [1.54, 1.807) is 12.1 Å². The summed E-state index contributed by atoms with van der Waals surface area (Å²) >= 11 is 3.16. The number of aliphatic hydroxyl groups is 1. The van der Waals surface area contributed by atoms with Crippen LogP contribution >= 0.6 is 15.9 Å². The molecular formula is C12H14BrFO2. The van der Waals surface area contributed by atoms with Crippen LogP contribution in [0.3, 0.4) is 0 Å². The maximum atomic E-state index is 13.1. The lowest BCUT2D eigenvalue weighted by molar-refractivity contribution is -0.0457. The van der Waals surface area contributed by atoms with Gasteiger partial charge in [-0.05, 0) is 46.5 Å². The highest BCUT2D eigenvalue weighted by Crippen LogP contribution is 2.34. The smallest absolute Gasteiger partial charge is 0.137 e. The lowest BCUT2D eigenvalue weighted by atomic mass is 9.90. The SMILES string of the molecule is OCC1CCCOC1c1ccc(F)c(Br)c1. The van der Waals surface area contributed by atoms with Crippen molar-refractivity contribution in [3.63, 3.8) is 0 Å². The summed E-state index contributed by atoms with van der Waals surface area (Å²) in [6.07, 6.45) is 1.82. The first-order chi connectivity index (χ1) is 7.72. The molecule has 1 N–H and O–H groups in total. The fourth-order valence-corrected chi connectivity index (χ4v) is 2.48. The number of halogens is 2. The third-order valence-corrected chi connectivity index (χ3v) is 3.56. The van der Waals surface area contributed by atoms with E-state index in [-0.39, 0.29) is 24.4 Å². The van der Waals surface area contributed by atoms with E-state index in [0.29, 0.717) is 11.1 Å². The number of hydrogen-bond donors (Lipinski definition) is 1. The zero-order chi connectivity index (χ0) is 11.5. The minimum atomic E-state index is -0.278. The fraction of sp³-hybridized carbons (Fsp3) is 0.500. The molecule has 1 fully saturated rings. The van der Waals surface area contributed by atoms with Crippen molar-refractivity contribution >= 4 is 15.9 Å². The normalized spacial score (nSPS) is 25.7. The number of ether oxygens (including phenoxy) is 1. The second-order valence-electron chi connectivity index (χ2n) is 4.05. The van der Waals surface area contributed by atoms with E-state index in [4.69, 9.17) is 4.74 Å². The lowest BCUT2D eigenvalue weighted by Gasteiger charge is -2.30. The summed E-state index contributed by atoms with van der Waals surface area (Å²) in [7, 11) is 0. The Morgan fingerprint density at radius 1 is 1.50 bits per heavy atom. The second kappa shape index (κ2) is 5.25. The molecule has 2 atom stereocenters. The molecule has 1 aromatic carbocycles. The molecular weight excluding hydrogens is 275 g/mol. The number of rotatable bonds is 2. The number of benzene rings is 1. The Kier molecular flexibility index (Phi) is 3.95. The van der Waals surface area contributed by atoms with Crippen molar-refractivity contribution in [3.8, 4) is 0 Å². The van der Waals surface area contributed by atoms with Gasteiger partial charge in [-0.2, -0.15) is 0 Å². The van der Waals surface area contributed by atoms with E-state index in [0.717, 1.165) is 18.4 Å². The quantitative estimate of drug-likeness (QED) is 0.906. The van der Waals surface area contributed by atoms with E-state index in [1.807, 2.05) is 0 Å². The molecule has 0 saturated carbocycles. The minimum absolute atomic E-state index is 0.111. The highest BCUT2D eigenvalue weighted by atomic mass is 79.9. The zero-order valence-corrected chi connectivity index (χ0v) is 10.4. The van der Waals surface area contributed by atoms with Gasteiger partial charge in [-0.1, -0.05) is 6.07 Å². The number of aliphatic hydroxyl groups excluding tert-OH is 1. The second-order valence-corrected chi connectivity index (χ2v) is 4.90. The molecule has 16 heavy (non-hydrogen) atoms. The molecule has 1 aliphatic heterocycles. The van der Waals surface area contributed by atoms with E-state index in [1.165, 1.54) is 6.07 Å². The highest BCUT2D eigenvalue weighted by Gasteiger charge is 2.27. The van der Waals surface area contributed by atoms with Crippen LogP contribution in [0.25, 0.3) is 0 Å². The van der Waals surface area contributed by atoms with Crippen LogP contribution in [0.4, 0.5) is 4.39 Å². The Hall–Kier alpha value is -0.450. The molecule has 0 bridgehead atoms. The van der Waals surface area contributed by atoms with Crippen molar-refractivity contribution in [1.29, 1.82) is 0 Å². The van der Waals surface area contributed by atoms with Crippen molar-refractivity contribution in [1.82, 2.24) is 0 Å². The van der Waals surface area contributed by atoms with E-state index in [2.05, 4.69) is 15.9 Å². The van der Waals surface area contributed by atoms with Crippen molar-refractivity contribution in [3.05, 3.63) is 34.1 Å². The third kappa shape index (κ3) is 2.44. The van der Waals surface area contributed by atoms with E-state index < -0.39 is 0 Å². The summed E-state index contributed by atoms with van der Waals surface area (Å²) in [5.41, 5.74) is 0.923. The van der Waals surface area contributed by atoms with Gasteiger partial charge >= 0.3 is 0 Å². The van der Waals surface area contributed by atoms with Gasteiger partial charge in [0.15, 0.2) is 0 Å². The first-order valence-electron chi connectivity index (χ1n) is 5.40. The maximum Gasteiger partial charge on any atom is 0.137 e. The molecule has 1 saturated heterocycles.